The quantitative estimate of drug-likeness (QED) is 0.472. The molecule has 0 radical (unpaired) electrons. The molecule has 0 saturated heterocycles. The molecule has 0 spiro atoms. The first-order chi connectivity index (χ1) is 16.4. The van der Waals surface area contributed by atoms with Crippen LogP contribution in [0.5, 0.6) is 0 Å². The van der Waals surface area contributed by atoms with Crippen LogP contribution < -0.4 is 9.62 Å². The molecule has 0 aliphatic heterocycles. The topological polar surface area (TPSA) is 86.8 Å². The van der Waals surface area contributed by atoms with Gasteiger partial charge in [-0.2, -0.15) is 0 Å². The summed E-state index contributed by atoms with van der Waals surface area (Å²) in [6.45, 7) is 7.69. The number of carbonyl (C=O) groups is 2. The highest BCUT2D eigenvalue weighted by molar-refractivity contribution is 7.92. The van der Waals surface area contributed by atoms with Crippen LogP contribution in [0.15, 0.2) is 48.5 Å². The molecule has 0 aliphatic rings. The van der Waals surface area contributed by atoms with E-state index in [2.05, 4.69) is 5.32 Å². The molecule has 0 fully saturated rings. The summed E-state index contributed by atoms with van der Waals surface area (Å²) in [4.78, 5) is 27.7. The van der Waals surface area contributed by atoms with E-state index in [1.807, 2.05) is 33.8 Å². The van der Waals surface area contributed by atoms with Gasteiger partial charge < -0.3 is 10.2 Å². The van der Waals surface area contributed by atoms with Gasteiger partial charge in [0.05, 0.1) is 11.9 Å². The SMILES string of the molecule is CCC(C(=O)NC(C)C)N(Cc1ccc(F)cc1)C(=O)CCCN(c1cccc(C)c1)S(C)(=O)=O. The second kappa shape index (κ2) is 12.7. The summed E-state index contributed by atoms with van der Waals surface area (Å²) in [5, 5.41) is 2.86. The fourth-order valence-electron chi connectivity index (χ4n) is 3.87. The van der Waals surface area contributed by atoms with Crippen LogP contribution in [0.2, 0.25) is 0 Å². The van der Waals surface area contributed by atoms with Crippen molar-refractivity contribution in [3.63, 3.8) is 0 Å². The van der Waals surface area contributed by atoms with Crippen LogP contribution >= 0.6 is 0 Å². The molecule has 1 unspecified atom stereocenters. The maximum atomic E-state index is 13.4. The molecule has 2 rings (SSSR count). The number of benzene rings is 2. The monoisotopic (exact) mass is 505 g/mol. The van der Waals surface area contributed by atoms with Crippen LogP contribution in [-0.4, -0.2) is 50.0 Å². The fraction of sp³-hybridized carbons (Fsp3) is 0.462. The van der Waals surface area contributed by atoms with Gasteiger partial charge in [-0.3, -0.25) is 13.9 Å². The molecule has 35 heavy (non-hydrogen) atoms. The molecule has 7 nitrogen and oxygen atoms in total. The van der Waals surface area contributed by atoms with E-state index in [9.17, 15) is 22.4 Å². The maximum absolute atomic E-state index is 13.4. The largest absolute Gasteiger partial charge is 0.352 e. The lowest BCUT2D eigenvalue weighted by atomic mass is 10.1. The lowest BCUT2D eigenvalue weighted by molar-refractivity contribution is -0.141. The maximum Gasteiger partial charge on any atom is 0.243 e. The molecule has 0 saturated carbocycles. The highest BCUT2D eigenvalue weighted by atomic mass is 32.2. The average molecular weight is 506 g/mol. The Labute approximate surface area is 208 Å². The van der Waals surface area contributed by atoms with Crippen LogP contribution in [0.1, 0.15) is 51.2 Å². The number of carbonyl (C=O) groups excluding carboxylic acids is 2. The minimum atomic E-state index is -3.54. The highest BCUT2D eigenvalue weighted by Crippen LogP contribution is 2.21. The van der Waals surface area contributed by atoms with Crippen molar-refractivity contribution in [3.8, 4) is 0 Å². The Morgan fingerprint density at radius 1 is 1.09 bits per heavy atom. The molecule has 2 aromatic rings. The lowest BCUT2D eigenvalue weighted by Gasteiger charge is -2.31. The van der Waals surface area contributed by atoms with Gasteiger partial charge in [0.15, 0.2) is 0 Å². The van der Waals surface area contributed by atoms with Crippen molar-refractivity contribution < 1.29 is 22.4 Å². The molecule has 2 amide bonds. The number of hydrogen-bond donors (Lipinski definition) is 1. The molecular formula is C26H36FN3O4S. The third-order valence-electron chi connectivity index (χ3n) is 5.52. The van der Waals surface area contributed by atoms with Crippen molar-refractivity contribution in [1.29, 1.82) is 0 Å². The van der Waals surface area contributed by atoms with E-state index in [0.29, 0.717) is 17.7 Å². The minimum absolute atomic E-state index is 0.0600. The van der Waals surface area contributed by atoms with Gasteiger partial charge in [0.1, 0.15) is 11.9 Å². The van der Waals surface area contributed by atoms with Crippen molar-refractivity contribution in [3.05, 3.63) is 65.5 Å². The molecule has 0 heterocycles. The first kappa shape index (κ1) is 28.3. The zero-order chi connectivity index (χ0) is 26.2. The molecular weight excluding hydrogens is 469 g/mol. The van der Waals surface area contributed by atoms with Gasteiger partial charge in [-0.25, -0.2) is 12.8 Å². The Hall–Kier alpha value is -2.94. The summed E-state index contributed by atoms with van der Waals surface area (Å²) in [6.07, 6.45) is 1.89. The van der Waals surface area contributed by atoms with Crippen LogP contribution in [-0.2, 0) is 26.2 Å². The van der Waals surface area contributed by atoms with Gasteiger partial charge in [0, 0.05) is 25.6 Å². The second-order valence-corrected chi connectivity index (χ2v) is 10.9. The van der Waals surface area contributed by atoms with Gasteiger partial charge in [-0.1, -0.05) is 31.2 Å². The predicted molar refractivity (Wildman–Crippen MR) is 137 cm³/mol. The third-order valence-corrected chi connectivity index (χ3v) is 6.72. The van der Waals surface area contributed by atoms with Crippen molar-refractivity contribution in [2.45, 2.75) is 65.6 Å². The zero-order valence-corrected chi connectivity index (χ0v) is 21.9. The summed E-state index contributed by atoms with van der Waals surface area (Å²) in [6, 6.07) is 12.2. The van der Waals surface area contributed by atoms with E-state index in [-0.39, 0.29) is 49.6 Å². The molecule has 0 bridgehead atoms. The number of amides is 2. The molecule has 9 heteroatoms. The number of anilines is 1. The number of aryl methyl sites for hydroxylation is 1. The Balaban J connectivity index is 2.21. The van der Waals surface area contributed by atoms with E-state index >= 15 is 0 Å². The van der Waals surface area contributed by atoms with Crippen molar-refractivity contribution in [1.82, 2.24) is 10.2 Å². The average Bonchev–Trinajstić information content (AvgIpc) is 2.76. The van der Waals surface area contributed by atoms with Crippen LogP contribution in [0, 0.1) is 12.7 Å². The summed E-state index contributed by atoms with van der Waals surface area (Å²) < 4.78 is 39.5. The number of nitrogens with zero attached hydrogens (tertiary/aromatic N) is 2. The number of nitrogens with one attached hydrogen (secondary N) is 1. The van der Waals surface area contributed by atoms with E-state index < -0.39 is 16.1 Å². The van der Waals surface area contributed by atoms with E-state index in [0.717, 1.165) is 11.8 Å². The standard InChI is InChI=1S/C26H36FN3O4S/c1-6-24(26(32)28-19(2)3)29(18-21-12-14-22(27)15-13-21)25(31)11-8-16-30(35(5,33)34)23-10-7-9-20(4)17-23/h7,9-10,12-15,17,19,24H,6,8,11,16,18H2,1-5H3,(H,28,32). The second-order valence-electron chi connectivity index (χ2n) is 9.01. The highest BCUT2D eigenvalue weighted by Gasteiger charge is 2.29. The Morgan fingerprint density at radius 2 is 1.74 bits per heavy atom. The van der Waals surface area contributed by atoms with Gasteiger partial charge in [-0.05, 0) is 69.0 Å². The van der Waals surface area contributed by atoms with Gasteiger partial charge in [0.2, 0.25) is 21.8 Å². The van der Waals surface area contributed by atoms with Gasteiger partial charge in [0.25, 0.3) is 0 Å². The molecule has 1 atom stereocenters. The predicted octanol–water partition coefficient (Wildman–Crippen LogP) is 4.01. The number of rotatable bonds is 12. The van der Waals surface area contributed by atoms with E-state index in [1.54, 1.807) is 30.3 Å². The van der Waals surface area contributed by atoms with Crippen molar-refractivity contribution in [2.75, 3.05) is 17.1 Å². The van der Waals surface area contributed by atoms with Crippen molar-refractivity contribution >= 4 is 27.5 Å². The normalized spacial score (nSPS) is 12.3. The lowest BCUT2D eigenvalue weighted by Crippen LogP contribution is -2.50. The Kier molecular flexibility index (Phi) is 10.2. The van der Waals surface area contributed by atoms with Gasteiger partial charge in [-0.15, -0.1) is 0 Å². The Morgan fingerprint density at radius 3 is 2.29 bits per heavy atom. The Bertz CT molecular complexity index is 1100. The molecule has 1 N–H and O–H groups in total. The fourth-order valence-corrected chi connectivity index (χ4v) is 4.83. The summed E-state index contributed by atoms with van der Waals surface area (Å²) >= 11 is 0. The minimum Gasteiger partial charge on any atom is -0.352 e. The summed E-state index contributed by atoms with van der Waals surface area (Å²) in [7, 11) is -3.54. The smallest absolute Gasteiger partial charge is 0.243 e. The molecule has 0 aromatic heterocycles. The first-order valence-corrected chi connectivity index (χ1v) is 13.7. The number of halogens is 1. The van der Waals surface area contributed by atoms with Crippen LogP contribution in [0.3, 0.4) is 0 Å². The van der Waals surface area contributed by atoms with Crippen LogP contribution in [0.25, 0.3) is 0 Å². The molecule has 192 valence electrons. The summed E-state index contributed by atoms with van der Waals surface area (Å²) in [5.74, 6) is -0.901. The van der Waals surface area contributed by atoms with E-state index in [1.165, 1.54) is 21.3 Å². The van der Waals surface area contributed by atoms with E-state index in [4.69, 9.17) is 0 Å². The molecule has 0 aliphatic carbocycles. The number of hydrogen-bond acceptors (Lipinski definition) is 4. The molecule has 2 aromatic carbocycles. The summed E-state index contributed by atoms with van der Waals surface area (Å²) in [5.41, 5.74) is 2.18. The first-order valence-electron chi connectivity index (χ1n) is 11.8. The van der Waals surface area contributed by atoms with Crippen molar-refractivity contribution in [2.24, 2.45) is 0 Å². The van der Waals surface area contributed by atoms with Crippen LogP contribution in [0.4, 0.5) is 10.1 Å². The zero-order valence-electron chi connectivity index (χ0n) is 21.1. The number of sulfonamides is 1. The van der Waals surface area contributed by atoms with Gasteiger partial charge >= 0.3 is 0 Å². The third kappa shape index (κ3) is 8.65.